The molecule has 0 bridgehead atoms. The number of thiazole rings is 1. The first-order valence-electron chi connectivity index (χ1n) is 8.36. The van der Waals surface area contributed by atoms with Gasteiger partial charge in [-0.05, 0) is 53.9 Å². The number of rotatable bonds is 5. The van der Waals surface area contributed by atoms with Gasteiger partial charge in [-0.1, -0.05) is 6.92 Å². The zero-order valence-electron chi connectivity index (χ0n) is 14.5. The van der Waals surface area contributed by atoms with Crippen LogP contribution in [-0.2, 0) is 12.0 Å². The highest BCUT2D eigenvalue weighted by atomic mass is 32.1. The molecule has 0 aliphatic carbocycles. The fraction of sp³-hybridized carbons (Fsp3) is 0.824. The Labute approximate surface area is 134 Å². The van der Waals surface area contributed by atoms with Gasteiger partial charge in [-0.25, -0.2) is 4.98 Å². The fourth-order valence-electron chi connectivity index (χ4n) is 3.36. The molecule has 0 amide bonds. The molecular formula is C17H31N3S. The Kier molecular flexibility index (Phi) is 5.44. The van der Waals surface area contributed by atoms with Gasteiger partial charge in [-0.15, -0.1) is 11.3 Å². The number of piperidine rings is 1. The zero-order chi connectivity index (χ0) is 15.6. The number of hydrogen-bond acceptors (Lipinski definition) is 4. The van der Waals surface area contributed by atoms with Crippen molar-refractivity contribution in [3.05, 3.63) is 15.6 Å². The Hall–Kier alpha value is -0.450. The Bertz CT molecular complexity index is 457. The van der Waals surface area contributed by atoms with Crippen molar-refractivity contribution in [3.8, 4) is 0 Å². The van der Waals surface area contributed by atoms with Crippen LogP contribution >= 0.6 is 11.3 Å². The van der Waals surface area contributed by atoms with Crippen LogP contribution in [0, 0.1) is 6.92 Å². The summed E-state index contributed by atoms with van der Waals surface area (Å²) in [4.78, 5) is 8.96. The van der Waals surface area contributed by atoms with Crippen LogP contribution in [0.1, 0.15) is 63.0 Å². The summed E-state index contributed by atoms with van der Waals surface area (Å²) in [7, 11) is 0. The van der Waals surface area contributed by atoms with E-state index in [1.165, 1.54) is 28.4 Å². The molecule has 0 radical (unpaired) electrons. The third kappa shape index (κ3) is 3.66. The van der Waals surface area contributed by atoms with Gasteiger partial charge in [0.2, 0.25) is 0 Å². The lowest BCUT2D eigenvalue weighted by molar-refractivity contribution is 0.103. The summed E-state index contributed by atoms with van der Waals surface area (Å²) in [5.41, 5.74) is 1.37. The molecule has 1 aliphatic heterocycles. The number of nitrogens with zero attached hydrogens (tertiary/aromatic N) is 2. The van der Waals surface area contributed by atoms with Gasteiger partial charge >= 0.3 is 0 Å². The topological polar surface area (TPSA) is 28.2 Å². The van der Waals surface area contributed by atoms with E-state index in [1.807, 2.05) is 11.3 Å². The highest BCUT2D eigenvalue weighted by molar-refractivity contribution is 7.11. The lowest BCUT2D eigenvalue weighted by atomic mass is 9.86. The number of aryl methyl sites for hydroxylation is 2. The largest absolute Gasteiger partial charge is 0.303 e. The van der Waals surface area contributed by atoms with Crippen molar-refractivity contribution >= 4 is 11.3 Å². The van der Waals surface area contributed by atoms with E-state index in [0.29, 0.717) is 12.1 Å². The molecule has 0 unspecified atom stereocenters. The highest BCUT2D eigenvalue weighted by Gasteiger charge is 2.39. The first-order valence-corrected chi connectivity index (χ1v) is 9.18. The predicted octanol–water partition coefficient (Wildman–Crippen LogP) is 3.71. The molecule has 1 N–H and O–H groups in total. The highest BCUT2D eigenvalue weighted by Crippen LogP contribution is 2.37. The molecule has 0 spiro atoms. The molecule has 0 aromatic carbocycles. The quantitative estimate of drug-likeness (QED) is 0.898. The van der Waals surface area contributed by atoms with E-state index in [1.54, 1.807) is 0 Å². The second kappa shape index (κ2) is 6.76. The van der Waals surface area contributed by atoms with Crippen LogP contribution in [0.15, 0.2) is 0 Å². The standard InChI is InChI=1S/C17H31N3S/c1-7-15-14(6)21-16(18-15)17(19-12(2)3)8-10-20(11-9-17)13(4)5/h12-13,19H,7-11H2,1-6H3. The van der Waals surface area contributed by atoms with E-state index in [-0.39, 0.29) is 5.54 Å². The lowest BCUT2D eigenvalue weighted by Gasteiger charge is -2.43. The van der Waals surface area contributed by atoms with Gasteiger partial charge in [0.15, 0.2) is 0 Å². The van der Waals surface area contributed by atoms with Crippen molar-refractivity contribution in [2.24, 2.45) is 0 Å². The van der Waals surface area contributed by atoms with E-state index in [2.05, 4.69) is 51.8 Å². The van der Waals surface area contributed by atoms with Gasteiger partial charge < -0.3 is 10.2 Å². The number of aromatic nitrogens is 1. The van der Waals surface area contributed by atoms with Gasteiger partial charge in [0.25, 0.3) is 0 Å². The molecule has 2 rings (SSSR count). The van der Waals surface area contributed by atoms with Gasteiger partial charge in [0.05, 0.1) is 11.2 Å². The Morgan fingerprint density at radius 3 is 2.29 bits per heavy atom. The maximum absolute atomic E-state index is 4.98. The molecule has 2 heterocycles. The third-order valence-corrected chi connectivity index (χ3v) is 5.80. The monoisotopic (exact) mass is 309 g/mol. The first kappa shape index (κ1) is 16.9. The average molecular weight is 310 g/mol. The molecule has 1 aliphatic rings. The molecule has 1 saturated heterocycles. The maximum Gasteiger partial charge on any atom is 0.113 e. The SMILES string of the molecule is CCc1nc(C2(NC(C)C)CCN(C(C)C)CC2)sc1C. The van der Waals surface area contributed by atoms with Crippen molar-refractivity contribution in [1.82, 2.24) is 15.2 Å². The summed E-state index contributed by atoms with van der Waals surface area (Å²) in [6, 6.07) is 1.14. The minimum Gasteiger partial charge on any atom is -0.303 e. The van der Waals surface area contributed by atoms with E-state index in [9.17, 15) is 0 Å². The third-order valence-electron chi connectivity index (χ3n) is 4.58. The van der Waals surface area contributed by atoms with Crippen molar-refractivity contribution in [1.29, 1.82) is 0 Å². The molecule has 1 aromatic rings. The van der Waals surface area contributed by atoms with Gasteiger partial charge in [-0.2, -0.15) is 0 Å². The minimum absolute atomic E-state index is 0.0857. The summed E-state index contributed by atoms with van der Waals surface area (Å²) < 4.78 is 0. The second-order valence-electron chi connectivity index (χ2n) is 6.89. The Morgan fingerprint density at radius 1 is 1.24 bits per heavy atom. The normalized spacial score (nSPS) is 19.6. The number of likely N-dealkylation sites (tertiary alicyclic amines) is 1. The van der Waals surface area contributed by atoms with Crippen LogP contribution in [-0.4, -0.2) is 35.1 Å². The number of hydrogen-bond donors (Lipinski definition) is 1. The predicted molar refractivity (Wildman–Crippen MR) is 92.1 cm³/mol. The Balaban J connectivity index is 2.26. The molecule has 0 atom stereocenters. The van der Waals surface area contributed by atoms with Gasteiger partial charge in [0.1, 0.15) is 5.01 Å². The lowest BCUT2D eigenvalue weighted by Crippen LogP contribution is -2.54. The summed E-state index contributed by atoms with van der Waals surface area (Å²) in [6.07, 6.45) is 3.37. The molecule has 21 heavy (non-hydrogen) atoms. The average Bonchev–Trinajstić information content (AvgIpc) is 2.80. The van der Waals surface area contributed by atoms with E-state index < -0.39 is 0 Å². The molecular weight excluding hydrogens is 278 g/mol. The van der Waals surface area contributed by atoms with E-state index in [4.69, 9.17) is 4.98 Å². The van der Waals surface area contributed by atoms with Crippen LogP contribution in [0.25, 0.3) is 0 Å². The molecule has 4 heteroatoms. The first-order chi connectivity index (χ1) is 9.88. The zero-order valence-corrected chi connectivity index (χ0v) is 15.3. The smallest absolute Gasteiger partial charge is 0.113 e. The fourth-order valence-corrected chi connectivity index (χ4v) is 4.57. The van der Waals surface area contributed by atoms with Crippen LogP contribution in [0.2, 0.25) is 0 Å². The molecule has 120 valence electrons. The van der Waals surface area contributed by atoms with Crippen LogP contribution in [0.5, 0.6) is 0 Å². The summed E-state index contributed by atoms with van der Waals surface area (Å²) >= 11 is 1.90. The summed E-state index contributed by atoms with van der Waals surface area (Å²) in [5.74, 6) is 0. The minimum atomic E-state index is 0.0857. The van der Waals surface area contributed by atoms with Crippen LogP contribution in [0.4, 0.5) is 0 Å². The summed E-state index contributed by atoms with van der Waals surface area (Å²) in [5, 5.41) is 5.17. The molecule has 1 fully saturated rings. The second-order valence-corrected chi connectivity index (χ2v) is 8.09. The Morgan fingerprint density at radius 2 is 1.86 bits per heavy atom. The van der Waals surface area contributed by atoms with Crippen LogP contribution in [0.3, 0.4) is 0 Å². The van der Waals surface area contributed by atoms with Crippen molar-refractivity contribution in [3.63, 3.8) is 0 Å². The number of nitrogens with one attached hydrogen (secondary N) is 1. The van der Waals surface area contributed by atoms with Crippen molar-refractivity contribution in [2.75, 3.05) is 13.1 Å². The molecule has 3 nitrogen and oxygen atoms in total. The summed E-state index contributed by atoms with van der Waals surface area (Å²) in [6.45, 7) is 15.8. The maximum atomic E-state index is 4.98. The molecule has 0 saturated carbocycles. The van der Waals surface area contributed by atoms with Crippen molar-refractivity contribution < 1.29 is 0 Å². The van der Waals surface area contributed by atoms with E-state index in [0.717, 1.165) is 19.5 Å². The van der Waals surface area contributed by atoms with E-state index >= 15 is 0 Å². The molecule has 1 aromatic heterocycles. The van der Waals surface area contributed by atoms with Crippen molar-refractivity contribution in [2.45, 2.75) is 78.4 Å². The van der Waals surface area contributed by atoms with Gasteiger partial charge in [0, 0.05) is 30.1 Å². The van der Waals surface area contributed by atoms with Gasteiger partial charge in [-0.3, -0.25) is 0 Å². The van der Waals surface area contributed by atoms with Crippen LogP contribution < -0.4 is 5.32 Å².